The van der Waals surface area contributed by atoms with Crippen molar-refractivity contribution in [3.63, 3.8) is 0 Å². The van der Waals surface area contributed by atoms with Gasteiger partial charge in [-0.1, -0.05) is 55.0 Å². The van der Waals surface area contributed by atoms with E-state index in [1.807, 2.05) is 92.7 Å². The summed E-state index contributed by atoms with van der Waals surface area (Å²) in [5.74, 6) is 0.132. The fourth-order valence-corrected chi connectivity index (χ4v) is 6.98. The summed E-state index contributed by atoms with van der Waals surface area (Å²) in [6.45, 7) is 10.4. The molecule has 2 heterocycles. The van der Waals surface area contributed by atoms with Crippen LogP contribution in [0.3, 0.4) is 0 Å². The fourth-order valence-electron chi connectivity index (χ4n) is 6.24. The number of ether oxygens (including phenoxy) is 2. The molecule has 3 aromatic rings. The van der Waals surface area contributed by atoms with Gasteiger partial charge >= 0.3 is 12.2 Å². The van der Waals surface area contributed by atoms with Crippen LogP contribution in [0.2, 0.25) is 0 Å². The van der Waals surface area contributed by atoms with Gasteiger partial charge in [-0.2, -0.15) is 0 Å². The van der Waals surface area contributed by atoms with E-state index in [9.17, 15) is 19.2 Å². The number of likely N-dealkylation sites (N-methyl/N-ethyl adjacent to an activating group) is 2. The molecule has 1 fully saturated rings. The Morgan fingerprint density at radius 3 is 2.25 bits per heavy atom. The van der Waals surface area contributed by atoms with E-state index in [4.69, 9.17) is 9.47 Å². The third-order valence-corrected chi connectivity index (χ3v) is 10.4. The number of likely N-dealkylation sites (tertiary alicyclic amines) is 1. The summed E-state index contributed by atoms with van der Waals surface area (Å²) >= 11 is 1.48. The molecule has 1 saturated heterocycles. The molecule has 2 N–H and O–H groups in total. The van der Waals surface area contributed by atoms with E-state index in [2.05, 4.69) is 20.5 Å². The Bertz CT molecular complexity index is 1690. The number of piperidine rings is 1. The average molecular weight is 792 g/mol. The Hall–Kier alpha value is -4.69. The number of thiazole rings is 1. The van der Waals surface area contributed by atoms with Gasteiger partial charge < -0.3 is 34.4 Å². The monoisotopic (exact) mass is 791 g/mol. The van der Waals surface area contributed by atoms with Gasteiger partial charge in [-0.3, -0.25) is 14.9 Å². The molecule has 56 heavy (non-hydrogen) atoms. The van der Waals surface area contributed by atoms with Crippen molar-refractivity contribution in [3.8, 4) is 11.1 Å². The maximum atomic E-state index is 12.8. The van der Waals surface area contributed by atoms with Crippen molar-refractivity contribution in [2.45, 2.75) is 83.8 Å². The Morgan fingerprint density at radius 1 is 0.839 bits per heavy atom. The van der Waals surface area contributed by atoms with Crippen molar-refractivity contribution in [2.24, 2.45) is 0 Å². The number of carbonyl (C=O) groups is 4. The Morgan fingerprint density at radius 2 is 1.52 bits per heavy atom. The van der Waals surface area contributed by atoms with Crippen LogP contribution in [-0.2, 0) is 25.5 Å². The number of carbonyl (C=O) groups excluding carboxylic acids is 4. The van der Waals surface area contributed by atoms with Gasteiger partial charge in [0.05, 0.1) is 17.8 Å². The zero-order chi connectivity index (χ0) is 40.5. The van der Waals surface area contributed by atoms with Crippen LogP contribution in [0.15, 0.2) is 60.0 Å². The summed E-state index contributed by atoms with van der Waals surface area (Å²) in [7, 11) is 5.33. The number of unbranched alkanes of at least 4 members (excludes halogenated alkanes) is 2. The summed E-state index contributed by atoms with van der Waals surface area (Å²) in [6, 6.07) is 17.7. The molecule has 14 heteroatoms. The standard InChI is InChI=1S/C42H61N7O6S/c1-42(2,3)55-41(53)48(6)25-15-24-46(4)38(51)30-33-31-56-39(44-33)43-23-14-8-11-20-37(50)47(5)28-29-49-26-21-34(22-27-49)54-40(52)45-36-19-13-12-18-35(36)32-16-9-7-10-17-32/h7,9-10,12-13,16-19,31,34H,8,11,14-15,20-30H2,1-6H3,(H,43,44)(H,45,52). The van der Waals surface area contributed by atoms with Gasteiger partial charge in [-0.15, -0.1) is 11.3 Å². The van der Waals surface area contributed by atoms with Gasteiger partial charge in [-0.25, -0.2) is 14.6 Å². The molecule has 4 rings (SSSR count). The van der Waals surface area contributed by atoms with E-state index in [1.54, 1.807) is 19.0 Å². The van der Waals surface area contributed by atoms with Crippen molar-refractivity contribution < 1.29 is 28.7 Å². The summed E-state index contributed by atoms with van der Waals surface area (Å²) in [6.07, 6.45) is 4.63. The second-order valence-electron chi connectivity index (χ2n) is 15.4. The van der Waals surface area contributed by atoms with E-state index < -0.39 is 11.7 Å². The molecule has 0 aliphatic carbocycles. The number of aromatic nitrogens is 1. The van der Waals surface area contributed by atoms with Gasteiger partial charge in [0.2, 0.25) is 11.8 Å². The fraction of sp³-hybridized carbons (Fsp3) is 0.548. The molecule has 306 valence electrons. The first-order valence-electron chi connectivity index (χ1n) is 19.7. The molecule has 2 aromatic carbocycles. The van der Waals surface area contributed by atoms with Crippen LogP contribution in [0, 0.1) is 0 Å². The second-order valence-corrected chi connectivity index (χ2v) is 16.3. The minimum absolute atomic E-state index is 0.0192. The minimum atomic E-state index is -0.543. The van der Waals surface area contributed by atoms with Gasteiger partial charge in [0.25, 0.3) is 0 Å². The largest absolute Gasteiger partial charge is 0.446 e. The molecule has 0 saturated carbocycles. The maximum absolute atomic E-state index is 12.8. The topological polar surface area (TPSA) is 137 Å². The summed E-state index contributed by atoms with van der Waals surface area (Å²) in [5, 5.41) is 8.96. The zero-order valence-corrected chi connectivity index (χ0v) is 34.9. The number of amides is 4. The molecule has 0 spiro atoms. The molecule has 0 atom stereocenters. The first kappa shape index (κ1) is 44.0. The molecular formula is C42H61N7O6S. The van der Waals surface area contributed by atoms with Crippen LogP contribution >= 0.6 is 11.3 Å². The molecule has 13 nitrogen and oxygen atoms in total. The van der Waals surface area contributed by atoms with Gasteiger partial charge in [0, 0.05) is 84.3 Å². The van der Waals surface area contributed by atoms with Gasteiger partial charge in [0.1, 0.15) is 11.7 Å². The van der Waals surface area contributed by atoms with Crippen molar-refractivity contribution in [3.05, 3.63) is 65.7 Å². The lowest BCUT2D eigenvalue weighted by molar-refractivity contribution is -0.130. The molecule has 0 unspecified atom stereocenters. The number of benzene rings is 2. The van der Waals surface area contributed by atoms with Crippen LogP contribution in [0.1, 0.15) is 71.4 Å². The highest BCUT2D eigenvalue weighted by Gasteiger charge is 2.24. The summed E-state index contributed by atoms with van der Waals surface area (Å²) in [4.78, 5) is 62.3. The van der Waals surface area contributed by atoms with Crippen LogP contribution in [0.5, 0.6) is 0 Å². The highest BCUT2D eigenvalue weighted by atomic mass is 32.1. The molecule has 0 radical (unpaired) electrons. The molecule has 0 bridgehead atoms. The Kier molecular flexibility index (Phi) is 17.4. The van der Waals surface area contributed by atoms with Crippen LogP contribution in [0.25, 0.3) is 11.1 Å². The maximum Gasteiger partial charge on any atom is 0.411 e. The van der Waals surface area contributed by atoms with Crippen molar-refractivity contribution >= 4 is 46.2 Å². The smallest absolute Gasteiger partial charge is 0.411 e. The first-order chi connectivity index (χ1) is 26.8. The highest BCUT2D eigenvalue weighted by Crippen LogP contribution is 2.28. The van der Waals surface area contributed by atoms with E-state index in [0.717, 1.165) is 85.9 Å². The second kappa shape index (κ2) is 22.2. The number of anilines is 2. The van der Waals surface area contributed by atoms with Crippen molar-refractivity contribution in [1.29, 1.82) is 0 Å². The van der Waals surface area contributed by atoms with E-state index in [-0.39, 0.29) is 30.4 Å². The lowest BCUT2D eigenvalue weighted by Gasteiger charge is -2.32. The number of nitrogens with one attached hydrogen (secondary N) is 2. The predicted molar refractivity (Wildman–Crippen MR) is 223 cm³/mol. The number of para-hydroxylation sites is 1. The molecule has 1 aromatic heterocycles. The first-order valence-corrected chi connectivity index (χ1v) is 20.6. The lowest BCUT2D eigenvalue weighted by atomic mass is 10.0. The van der Waals surface area contributed by atoms with Gasteiger partial charge in [-0.05, 0) is 64.5 Å². The normalized spacial score (nSPS) is 13.5. The van der Waals surface area contributed by atoms with Crippen LogP contribution in [-0.4, -0.2) is 127 Å². The lowest BCUT2D eigenvalue weighted by Crippen LogP contribution is -2.42. The Labute approximate surface area is 336 Å². The van der Waals surface area contributed by atoms with Crippen LogP contribution < -0.4 is 10.6 Å². The number of hydrogen-bond acceptors (Lipinski definition) is 10. The third kappa shape index (κ3) is 15.4. The molecule has 1 aliphatic rings. The van der Waals surface area contributed by atoms with Crippen molar-refractivity contribution in [2.75, 3.05) is 77.6 Å². The number of rotatable bonds is 19. The quantitative estimate of drug-likeness (QED) is 0.121. The molecule has 4 amide bonds. The summed E-state index contributed by atoms with van der Waals surface area (Å²) < 4.78 is 11.1. The molecule has 1 aliphatic heterocycles. The predicted octanol–water partition coefficient (Wildman–Crippen LogP) is 7.21. The third-order valence-electron chi connectivity index (χ3n) is 9.58. The Balaban J connectivity index is 1.02. The molecular weight excluding hydrogens is 731 g/mol. The van der Waals surface area contributed by atoms with Crippen LogP contribution in [0.4, 0.5) is 20.4 Å². The highest BCUT2D eigenvalue weighted by molar-refractivity contribution is 7.13. The number of hydrogen-bond donors (Lipinski definition) is 2. The van der Waals surface area contributed by atoms with Crippen molar-refractivity contribution in [1.82, 2.24) is 24.6 Å². The minimum Gasteiger partial charge on any atom is -0.446 e. The summed E-state index contributed by atoms with van der Waals surface area (Å²) in [5.41, 5.74) is 2.89. The van der Waals surface area contributed by atoms with E-state index >= 15 is 0 Å². The van der Waals surface area contributed by atoms with E-state index in [1.165, 1.54) is 16.2 Å². The van der Waals surface area contributed by atoms with E-state index in [0.29, 0.717) is 32.5 Å². The zero-order valence-electron chi connectivity index (χ0n) is 34.1. The number of nitrogens with zero attached hydrogens (tertiary/aromatic N) is 5. The SMILES string of the molecule is CN(CCN1CCC(OC(=O)Nc2ccccc2-c2ccccc2)CC1)C(=O)CCCCCNc1nc(CC(=O)N(C)CCCN(C)C(=O)OC(C)(C)C)cs1. The average Bonchev–Trinajstić information content (AvgIpc) is 3.62. The van der Waals surface area contributed by atoms with Gasteiger partial charge in [0.15, 0.2) is 5.13 Å².